The van der Waals surface area contributed by atoms with E-state index in [4.69, 9.17) is 4.74 Å². The zero-order valence-electron chi connectivity index (χ0n) is 13.3. The Balaban J connectivity index is 2.43. The number of nitrogens with one attached hydrogen (secondary N) is 1. The monoisotopic (exact) mass is 283 g/mol. The number of rotatable bonds is 11. The standard InChI is InChI=1S/C14H29N5O/c1-5-13(3)18(9-10-20-4)7-8-19-12-14(16-17-19)11-15-6-2/h12-13,15H,5-11H2,1-4H3. The molecule has 0 amide bonds. The van der Waals surface area contributed by atoms with E-state index in [-0.39, 0.29) is 0 Å². The normalized spacial score (nSPS) is 13.1. The molecule has 116 valence electrons. The van der Waals surface area contributed by atoms with Gasteiger partial charge in [0.1, 0.15) is 0 Å². The van der Waals surface area contributed by atoms with Crippen LogP contribution in [-0.4, -0.2) is 59.3 Å². The molecule has 6 nitrogen and oxygen atoms in total. The summed E-state index contributed by atoms with van der Waals surface area (Å²) in [6, 6.07) is 0.565. The van der Waals surface area contributed by atoms with Gasteiger partial charge in [-0.25, -0.2) is 0 Å². The van der Waals surface area contributed by atoms with Gasteiger partial charge >= 0.3 is 0 Å². The van der Waals surface area contributed by atoms with Crippen molar-refractivity contribution in [2.45, 2.75) is 46.3 Å². The van der Waals surface area contributed by atoms with Crippen LogP contribution in [0.5, 0.6) is 0 Å². The largest absolute Gasteiger partial charge is 0.383 e. The lowest BCUT2D eigenvalue weighted by atomic mass is 10.2. The van der Waals surface area contributed by atoms with Crippen LogP contribution < -0.4 is 5.32 Å². The van der Waals surface area contributed by atoms with E-state index in [2.05, 4.69) is 41.3 Å². The number of nitrogens with zero attached hydrogens (tertiary/aromatic N) is 4. The SMILES string of the molecule is CCNCc1cn(CCN(CCOC)C(C)CC)nn1. The zero-order chi connectivity index (χ0) is 14.8. The predicted octanol–water partition coefficient (Wildman–Crippen LogP) is 1.13. The highest BCUT2D eigenvalue weighted by atomic mass is 16.5. The average molecular weight is 283 g/mol. The molecule has 0 radical (unpaired) electrons. The molecule has 0 fully saturated rings. The van der Waals surface area contributed by atoms with Crippen LogP contribution in [0.4, 0.5) is 0 Å². The fraction of sp³-hybridized carbons (Fsp3) is 0.857. The third-order valence-electron chi connectivity index (χ3n) is 3.56. The summed E-state index contributed by atoms with van der Waals surface area (Å²) < 4.78 is 7.11. The molecule has 1 aromatic heterocycles. The van der Waals surface area contributed by atoms with Gasteiger partial charge in [0.25, 0.3) is 0 Å². The molecule has 0 saturated carbocycles. The first-order valence-electron chi connectivity index (χ1n) is 7.53. The van der Waals surface area contributed by atoms with Gasteiger partial charge in [-0.3, -0.25) is 9.58 Å². The van der Waals surface area contributed by atoms with Gasteiger partial charge in [-0.1, -0.05) is 19.1 Å². The van der Waals surface area contributed by atoms with Crippen LogP contribution in [0.15, 0.2) is 6.20 Å². The predicted molar refractivity (Wildman–Crippen MR) is 80.6 cm³/mol. The quantitative estimate of drug-likeness (QED) is 0.660. The molecule has 0 spiro atoms. The lowest BCUT2D eigenvalue weighted by Gasteiger charge is -2.27. The van der Waals surface area contributed by atoms with Crippen molar-refractivity contribution in [3.63, 3.8) is 0 Å². The Hall–Kier alpha value is -0.980. The number of aromatic nitrogens is 3. The molecule has 6 heteroatoms. The van der Waals surface area contributed by atoms with Crippen molar-refractivity contribution in [2.75, 3.05) is 33.4 Å². The van der Waals surface area contributed by atoms with E-state index < -0.39 is 0 Å². The van der Waals surface area contributed by atoms with E-state index >= 15 is 0 Å². The highest BCUT2D eigenvalue weighted by Crippen LogP contribution is 2.04. The molecule has 0 saturated heterocycles. The topological polar surface area (TPSA) is 55.2 Å². The maximum absolute atomic E-state index is 5.18. The molecule has 1 atom stereocenters. The lowest BCUT2D eigenvalue weighted by molar-refractivity contribution is 0.119. The van der Waals surface area contributed by atoms with Crippen LogP contribution in [0, 0.1) is 0 Å². The van der Waals surface area contributed by atoms with Crippen LogP contribution in [0.25, 0.3) is 0 Å². The molecule has 1 rings (SSSR count). The van der Waals surface area contributed by atoms with E-state index in [1.165, 1.54) is 0 Å². The summed E-state index contributed by atoms with van der Waals surface area (Å²) in [5, 5.41) is 11.6. The Bertz CT molecular complexity index is 355. The molecular formula is C14H29N5O. The number of hydrogen-bond acceptors (Lipinski definition) is 5. The summed E-state index contributed by atoms with van der Waals surface area (Å²) >= 11 is 0. The third-order valence-corrected chi connectivity index (χ3v) is 3.56. The summed E-state index contributed by atoms with van der Waals surface area (Å²) in [5.74, 6) is 0. The molecule has 0 aliphatic rings. The summed E-state index contributed by atoms with van der Waals surface area (Å²) in [4.78, 5) is 2.44. The molecule has 0 aromatic carbocycles. The van der Waals surface area contributed by atoms with Crippen LogP contribution in [-0.2, 0) is 17.8 Å². The molecule has 1 heterocycles. The van der Waals surface area contributed by atoms with Crippen LogP contribution in [0.2, 0.25) is 0 Å². The second kappa shape index (κ2) is 9.85. The second-order valence-electron chi connectivity index (χ2n) is 5.04. The smallest absolute Gasteiger partial charge is 0.0964 e. The van der Waals surface area contributed by atoms with Gasteiger partial charge in [0.05, 0.1) is 18.8 Å². The van der Waals surface area contributed by atoms with Gasteiger partial charge in [0.2, 0.25) is 0 Å². The minimum Gasteiger partial charge on any atom is -0.383 e. The van der Waals surface area contributed by atoms with E-state index in [9.17, 15) is 0 Å². The first-order chi connectivity index (χ1) is 9.71. The Kier molecular flexibility index (Phi) is 8.41. The lowest BCUT2D eigenvalue weighted by Crippen LogP contribution is -2.37. The van der Waals surface area contributed by atoms with Crippen molar-refractivity contribution < 1.29 is 4.74 Å². The van der Waals surface area contributed by atoms with Crippen LogP contribution >= 0.6 is 0 Å². The Morgan fingerprint density at radius 1 is 1.40 bits per heavy atom. The van der Waals surface area contributed by atoms with Gasteiger partial charge in [0, 0.05) is 39.0 Å². The zero-order valence-corrected chi connectivity index (χ0v) is 13.3. The van der Waals surface area contributed by atoms with E-state index in [1.54, 1.807) is 7.11 Å². The van der Waals surface area contributed by atoms with Crippen molar-refractivity contribution >= 4 is 0 Å². The number of ether oxygens (including phenoxy) is 1. The van der Waals surface area contributed by atoms with Gasteiger partial charge in [0.15, 0.2) is 0 Å². The highest BCUT2D eigenvalue weighted by Gasteiger charge is 2.12. The average Bonchev–Trinajstić information content (AvgIpc) is 2.92. The Labute approximate surface area is 122 Å². The third kappa shape index (κ3) is 5.98. The second-order valence-corrected chi connectivity index (χ2v) is 5.04. The fourth-order valence-corrected chi connectivity index (χ4v) is 2.03. The molecule has 1 aromatic rings. The minimum atomic E-state index is 0.565. The fourth-order valence-electron chi connectivity index (χ4n) is 2.03. The van der Waals surface area contributed by atoms with Gasteiger partial charge in [-0.05, 0) is 19.9 Å². The molecule has 1 unspecified atom stereocenters. The first kappa shape index (κ1) is 17.1. The van der Waals surface area contributed by atoms with E-state index in [1.807, 2.05) is 10.9 Å². The van der Waals surface area contributed by atoms with Gasteiger partial charge < -0.3 is 10.1 Å². The van der Waals surface area contributed by atoms with Gasteiger partial charge in [-0.15, -0.1) is 5.10 Å². The van der Waals surface area contributed by atoms with E-state index in [0.717, 1.165) is 51.4 Å². The molecule has 0 aliphatic heterocycles. The number of methoxy groups -OCH3 is 1. The maximum Gasteiger partial charge on any atom is 0.0964 e. The number of hydrogen-bond donors (Lipinski definition) is 1. The summed E-state index contributed by atoms with van der Waals surface area (Å²) in [7, 11) is 1.75. The van der Waals surface area contributed by atoms with Crippen LogP contribution in [0.3, 0.4) is 0 Å². The molecule has 0 aliphatic carbocycles. The summed E-state index contributed by atoms with van der Waals surface area (Å²) in [6.45, 7) is 11.9. The Morgan fingerprint density at radius 3 is 2.85 bits per heavy atom. The van der Waals surface area contributed by atoms with Crippen molar-refractivity contribution in [1.82, 2.24) is 25.2 Å². The van der Waals surface area contributed by atoms with Crippen LogP contribution in [0.1, 0.15) is 32.9 Å². The molecule has 0 bridgehead atoms. The maximum atomic E-state index is 5.18. The summed E-state index contributed by atoms with van der Waals surface area (Å²) in [5.41, 5.74) is 0.999. The molecule has 20 heavy (non-hydrogen) atoms. The highest BCUT2D eigenvalue weighted by molar-refractivity contribution is 4.91. The minimum absolute atomic E-state index is 0.565. The molecule has 1 N–H and O–H groups in total. The summed E-state index contributed by atoms with van der Waals surface area (Å²) in [6.07, 6.45) is 3.17. The van der Waals surface area contributed by atoms with Crippen molar-refractivity contribution in [3.05, 3.63) is 11.9 Å². The van der Waals surface area contributed by atoms with Crippen molar-refractivity contribution in [2.24, 2.45) is 0 Å². The van der Waals surface area contributed by atoms with Gasteiger partial charge in [-0.2, -0.15) is 0 Å². The Morgan fingerprint density at radius 2 is 2.20 bits per heavy atom. The van der Waals surface area contributed by atoms with E-state index in [0.29, 0.717) is 6.04 Å². The van der Waals surface area contributed by atoms with Crippen molar-refractivity contribution in [3.8, 4) is 0 Å². The molecular weight excluding hydrogens is 254 g/mol. The van der Waals surface area contributed by atoms with Crippen molar-refractivity contribution in [1.29, 1.82) is 0 Å². The first-order valence-corrected chi connectivity index (χ1v) is 7.53.